The lowest BCUT2D eigenvalue weighted by molar-refractivity contribution is -0.224. The topological polar surface area (TPSA) is 63.3 Å². The number of carboxylic acid groups (broad SMARTS) is 1. The third-order valence-corrected chi connectivity index (χ3v) is 4.17. The molecule has 3 fully saturated rings. The van der Waals surface area contributed by atoms with Crippen LogP contribution in [0.2, 0.25) is 0 Å². The average Bonchev–Trinajstić information content (AvgIpc) is 1.99. The Kier molecular flexibility index (Phi) is 2.11. The fraction of sp³-hybridized carbons (Fsp3) is 0.909. The van der Waals surface area contributed by atoms with Crippen LogP contribution in [0.4, 0.5) is 0 Å². The van der Waals surface area contributed by atoms with Gasteiger partial charge in [0.2, 0.25) is 0 Å². The van der Waals surface area contributed by atoms with Gasteiger partial charge in [-0.25, -0.2) is 0 Å². The summed E-state index contributed by atoms with van der Waals surface area (Å²) in [6, 6.07) is -0.619. The summed E-state index contributed by atoms with van der Waals surface area (Å²) in [6.45, 7) is 2.20. The van der Waals surface area contributed by atoms with Gasteiger partial charge in [-0.05, 0) is 36.5 Å². The van der Waals surface area contributed by atoms with Crippen molar-refractivity contribution in [1.29, 1.82) is 0 Å². The number of nitrogens with two attached hydrogens (primary N) is 1. The molecule has 3 saturated carbocycles. The van der Waals surface area contributed by atoms with Crippen LogP contribution in [0, 0.1) is 10.8 Å². The minimum absolute atomic E-state index is 0.0143. The molecule has 3 aliphatic rings. The standard InChI is InChI=1S/C11H19NO2/c1-2-3-4-10-5-11(6-10,7-10)8(12)9(13)14/h8H,2-7,12H2,1H3,(H,13,14). The molecule has 3 heteroatoms. The Morgan fingerprint density at radius 1 is 1.50 bits per heavy atom. The van der Waals surface area contributed by atoms with Gasteiger partial charge in [0.1, 0.15) is 6.04 Å². The molecule has 1 atom stereocenters. The molecule has 0 aromatic heterocycles. The summed E-state index contributed by atoms with van der Waals surface area (Å²) in [5.74, 6) is -0.825. The molecule has 0 spiro atoms. The van der Waals surface area contributed by atoms with Crippen LogP contribution < -0.4 is 5.73 Å². The van der Waals surface area contributed by atoms with Gasteiger partial charge in [-0.1, -0.05) is 19.8 Å². The van der Waals surface area contributed by atoms with Crippen molar-refractivity contribution in [2.24, 2.45) is 16.6 Å². The van der Waals surface area contributed by atoms with Gasteiger partial charge in [0.15, 0.2) is 0 Å². The molecule has 0 saturated heterocycles. The minimum Gasteiger partial charge on any atom is -0.480 e. The summed E-state index contributed by atoms with van der Waals surface area (Å²) < 4.78 is 0. The van der Waals surface area contributed by atoms with E-state index in [1.54, 1.807) is 0 Å². The van der Waals surface area contributed by atoms with Crippen LogP contribution >= 0.6 is 0 Å². The highest BCUT2D eigenvalue weighted by molar-refractivity contribution is 5.75. The maximum absolute atomic E-state index is 10.8. The lowest BCUT2D eigenvalue weighted by Gasteiger charge is -2.72. The number of carboxylic acids is 1. The van der Waals surface area contributed by atoms with Gasteiger partial charge >= 0.3 is 5.97 Å². The number of carbonyl (C=O) groups is 1. The van der Waals surface area contributed by atoms with Crippen molar-refractivity contribution in [3.05, 3.63) is 0 Å². The predicted octanol–water partition coefficient (Wildman–Crippen LogP) is 1.76. The normalized spacial score (nSPS) is 41.0. The van der Waals surface area contributed by atoms with Crippen LogP contribution in [0.25, 0.3) is 0 Å². The zero-order chi connectivity index (χ0) is 10.4. The number of aliphatic carboxylic acids is 1. The summed E-state index contributed by atoms with van der Waals surface area (Å²) in [6.07, 6.45) is 6.98. The van der Waals surface area contributed by atoms with Crippen molar-refractivity contribution in [1.82, 2.24) is 0 Å². The molecule has 1 unspecified atom stereocenters. The van der Waals surface area contributed by atoms with Gasteiger partial charge in [-0.15, -0.1) is 0 Å². The fourth-order valence-electron chi connectivity index (χ4n) is 3.49. The lowest BCUT2D eigenvalue weighted by atomic mass is 9.32. The van der Waals surface area contributed by atoms with E-state index in [1.165, 1.54) is 19.3 Å². The second-order valence-corrected chi connectivity index (χ2v) is 5.31. The van der Waals surface area contributed by atoms with E-state index >= 15 is 0 Å². The Labute approximate surface area is 84.7 Å². The maximum atomic E-state index is 10.8. The van der Waals surface area contributed by atoms with Gasteiger partial charge in [0.25, 0.3) is 0 Å². The van der Waals surface area contributed by atoms with E-state index in [4.69, 9.17) is 10.8 Å². The second-order valence-electron chi connectivity index (χ2n) is 5.31. The van der Waals surface area contributed by atoms with Crippen LogP contribution in [-0.2, 0) is 4.79 Å². The molecule has 3 nitrogen and oxygen atoms in total. The second kappa shape index (κ2) is 2.96. The molecule has 0 amide bonds. The highest BCUT2D eigenvalue weighted by atomic mass is 16.4. The van der Waals surface area contributed by atoms with E-state index in [0.29, 0.717) is 5.41 Å². The summed E-state index contributed by atoms with van der Waals surface area (Å²) >= 11 is 0. The molecule has 0 aliphatic heterocycles. The van der Waals surface area contributed by atoms with E-state index in [2.05, 4.69) is 6.92 Å². The molecule has 0 radical (unpaired) electrons. The van der Waals surface area contributed by atoms with Crippen LogP contribution in [0.15, 0.2) is 0 Å². The monoisotopic (exact) mass is 197 g/mol. The highest BCUT2D eigenvalue weighted by Gasteiger charge is 2.70. The van der Waals surface area contributed by atoms with Crippen LogP contribution in [0.5, 0.6) is 0 Å². The van der Waals surface area contributed by atoms with Crippen molar-refractivity contribution in [2.75, 3.05) is 0 Å². The smallest absolute Gasteiger partial charge is 0.321 e. The zero-order valence-corrected chi connectivity index (χ0v) is 8.75. The number of rotatable bonds is 5. The van der Waals surface area contributed by atoms with Gasteiger partial charge in [-0.3, -0.25) is 4.79 Å². The molecule has 0 heterocycles. The molecule has 0 aromatic rings. The summed E-state index contributed by atoms with van der Waals surface area (Å²) in [4.78, 5) is 10.8. The third-order valence-electron chi connectivity index (χ3n) is 4.17. The summed E-state index contributed by atoms with van der Waals surface area (Å²) in [7, 11) is 0. The molecular weight excluding hydrogens is 178 g/mol. The SMILES string of the molecule is CCCCC12CC(C(N)C(=O)O)(C1)C2. The predicted molar refractivity (Wildman–Crippen MR) is 53.9 cm³/mol. The number of hydrogen-bond acceptors (Lipinski definition) is 2. The van der Waals surface area contributed by atoms with Gasteiger partial charge in [0.05, 0.1) is 0 Å². The van der Waals surface area contributed by atoms with E-state index in [-0.39, 0.29) is 5.41 Å². The van der Waals surface area contributed by atoms with E-state index in [1.807, 2.05) is 0 Å². The Hall–Kier alpha value is -0.570. The Morgan fingerprint density at radius 2 is 2.07 bits per heavy atom. The van der Waals surface area contributed by atoms with Crippen molar-refractivity contribution >= 4 is 5.97 Å². The molecular formula is C11H19NO2. The van der Waals surface area contributed by atoms with Crippen LogP contribution in [0.1, 0.15) is 45.4 Å². The molecule has 3 N–H and O–H groups in total. The Morgan fingerprint density at radius 3 is 2.50 bits per heavy atom. The van der Waals surface area contributed by atoms with E-state index < -0.39 is 12.0 Å². The highest BCUT2D eigenvalue weighted by Crippen LogP contribution is 2.76. The number of hydrogen-bond donors (Lipinski definition) is 2. The fourth-order valence-corrected chi connectivity index (χ4v) is 3.49. The first-order valence-electron chi connectivity index (χ1n) is 5.52. The van der Waals surface area contributed by atoms with Crippen molar-refractivity contribution in [2.45, 2.75) is 51.5 Å². The molecule has 3 aliphatic carbocycles. The van der Waals surface area contributed by atoms with Crippen molar-refractivity contribution in [3.8, 4) is 0 Å². The van der Waals surface area contributed by atoms with Crippen molar-refractivity contribution < 1.29 is 9.90 Å². The number of unbranched alkanes of at least 4 members (excludes halogenated alkanes) is 1. The first kappa shape index (κ1) is 9.97. The van der Waals surface area contributed by atoms with Gasteiger partial charge < -0.3 is 10.8 Å². The largest absolute Gasteiger partial charge is 0.480 e. The Balaban J connectivity index is 1.85. The summed E-state index contributed by atoms with van der Waals surface area (Å²) in [5.41, 5.74) is 6.17. The summed E-state index contributed by atoms with van der Waals surface area (Å²) in [5, 5.41) is 8.84. The quantitative estimate of drug-likeness (QED) is 0.706. The molecule has 2 bridgehead atoms. The van der Waals surface area contributed by atoms with E-state index in [0.717, 1.165) is 19.3 Å². The zero-order valence-electron chi connectivity index (χ0n) is 8.75. The first-order valence-corrected chi connectivity index (χ1v) is 5.52. The van der Waals surface area contributed by atoms with Crippen LogP contribution in [0.3, 0.4) is 0 Å². The van der Waals surface area contributed by atoms with Gasteiger partial charge in [-0.2, -0.15) is 0 Å². The lowest BCUT2D eigenvalue weighted by Crippen LogP contribution is -2.70. The first-order chi connectivity index (χ1) is 6.54. The molecule has 80 valence electrons. The average molecular weight is 197 g/mol. The molecule has 0 aromatic carbocycles. The Bertz CT molecular complexity index is 242. The maximum Gasteiger partial charge on any atom is 0.321 e. The minimum atomic E-state index is -0.825. The molecule has 3 rings (SSSR count). The third kappa shape index (κ3) is 1.18. The van der Waals surface area contributed by atoms with Crippen LogP contribution in [-0.4, -0.2) is 17.1 Å². The van der Waals surface area contributed by atoms with Gasteiger partial charge in [0, 0.05) is 0 Å². The van der Waals surface area contributed by atoms with Crippen molar-refractivity contribution in [3.63, 3.8) is 0 Å². The van der Waals surface area contributed by atoms with E-state index in [9.17, 15) is 4.79 Å². The molecule has 14 heavy (non-hydrogen) atoms.